The van der Waals surface area contributed by atoms with E-state index in [4.69, 9.17) is 32.4 Å². The molecule has 12 nitrogen and oxygen atoms in total. The molecule has 39 heavy (non-hydrogen) atoms. The van der Waals surface area contributed by atoms with E-state index < -0.39 is 22.6 Å². The molecule has 0 atom stereocenters. The highest BCUT2D eigenvalue weighted by atomic mass is 35.5. The Balaban J connectivity index is 1.38. The lowest BCUT2D eigenvalue weighted by Crippen LogP contribution is -2.41. The Kier molecular flexibility index (Phi) is 8.47. The van der Waals surface area contributed by atoms with Gasteiger partial charge in [0, 0.05) is 40.3 Å². The third kappa shape index (κ3) is 6.54. The van der Waals surface area contributed by atoms with E-state index >= 15 is 0 Å². The number of hydrogen-bond donors (Lipinski definition) is 3. The van der Waals surface area contributed by atoms with Crippen molar-refractivity contribution in [3.63, 3.8) is 0 Å². The van der Waals surface area contributed by atoms with Gasteiger partial charge in [0.25, 0.3) is 17.5 Å². The number of carbonyl (C=O) groups is 3. The summed E-state index contributed by atoms with van der Waals surface area (Å²) in [5.74, 6) is -1.08. The fraction of sp³-hybridized carbons (Fsp3) is 0.200. The molecule has 0 bridgehead atoms. The number of amides is 3. The third-order valence-electron chi connectivity index (χ3n) is 5.73. The van der Waals surface area contributed by atoms with Crippen LogP contribution in [0.1, 0.15) is 50.6 Å². The van der Waals surface area contributed by atoms with Crippen molar-refractivity contribution >= 4 is 52.3 Å². The summed E-state index contributed by atoms with van der Waals surface area (Å²) in [6.45, 7) is 1.33. The highest BCUT2D eigenvalue weighted by molar-refractivity contribution is 6.35. The van der Waals surface area contributed by atoms with Crippen LogP contribution in [0.3, 0.4) is 0 Å². The van der Waals surface area contributed by atoms with Crippen molar-refractivity contribution in [2.24, 2.45) is 5.10 Å². The molecule has 1 aromatic heterocycles. The average molecular weight is 574 g/mol. The van der Waals surface area contributed by atoms with E-state index in [9.17, 15) is 24.5 Å². The second-order valence-corrected chi connectivity index (χ2v) is 9.22. The predicted molar refractivity (Wildman–Crippen MR) is 141 cm³/mol. The quantitative estimate of drug-likeness (QED) is 0.282. The SMILES string of the molecule is Cc1c(C(=O)NNC(=O)c2ccc([N+](=O)[O-])cc2)oc2c1/C(=N/NC(=O)COc1ccc(Cl)cc1Cl)CCC2. The summed E-state index contributed by atoms with van der Waals surface area (Å²) in [4.78, 5) is 47.5. The van der Waals surface area contributed by atoms with Crippen LogP contribution in [0.5, 0.6) is 5.75 Å². The first kappa shape index (κ1) is 27.6. The zero-order valence-corrected chi connectivity index (χ0v) is 21.9. The number of nitrogens with zero attached hydrogens (tertiary/aromatic N) is 2. The lowest BCUT2D eigenvalue weighted by molar-refractivity contribution is -0.384. The molecule has 1 aliphatic carbocycles. The van der Waals surface area contributed by atoms with E-state index in [1.807, 2.05) is 0 Å². The van der Waals surface area contributed by atoms with E-state index in [-0.39, 0.29) is 28.6 Å². The molecule has 3 N–H and O–H groups in total. The largest absolute Gasteiger partial charge is 0.482 e. The molecule has 0 spiro atoms. The van der Waals surface area contributed by atoms with Gasteiger partial charge in [-0.1, -0.05) is 23.2 Å². The smallest absolute Gasteiger partial charge is 0.305 e. The second-order valence-electron chi connectivity index (χ2n) is 8.38. The first-order valence-electron chi connectivity index (χ1n) is 11.5. The lowest BCUT2D eigenvalue weighted by Gasteiger charge is -2.13. The molecule has 0 radical (unpaired) electrons. The number of nitro benzene ring substituents is 1. The monoisotopic (exact) mass is 573 g/mol. The van der Waals surface area contributed by atoms with Gasteiger partial charge in [-0.15, -0.1) is 0 Å². The number of fused-ring (bicyclic) bond motifs is 1. The van der Waals surface area contributed by atoms with Gasteiger partial charge in [-0.2, -0.15) is 5.10 Å². The Morgan fingerprint density at radius 1 is 1.08 bits per heavy atom. The van der Waals surface area contributed by atoms with Crippen LogP contribution in [0.15, 0.2) is 52.0 Å². The van der Waals surface area contributed by atoms with Gasteiger partial charge in [0.1, 0.15) is 11.5 Å². The van der Waals surface area contributed by atoms with Crippen LogP contribution in [-0.4, -0.2) is 35.0 Å². The summed E-state index contributed by atoms with van der Waals surface area (Å²) in [6.07, 6.45) is 1.78. The number of furan rings is 1. The second kappa shape index (κ2) is 12.0. The lowest BCUT2D eigenvalue weighted by atomic mass is 9.93. The van der Waals surface area contributed by atoms with E-state index in [1.165, 1.54) is 30.3 Å². The highest BCUT2D eigenvalue weighted by Gasteiger charge is 2.28. The number of aryl methyl sites for hydroxylation is 1. The van der Waals surface area contributed by atoms with Crippen LogP contribution in [-0.2, 0) is 11.2 Å². The zero-order chi connectivity index (χ0) is 28.1. The number of ether oxygens (including phenoxy) is 1. The molecule has 202 valence electrons. The average Bonchev–Trinajstić information content (AvgIpc) is 3.26. The third-order valence-corrected chi connectivity index (χ3v) is 6.26. The van der Waals surface area contributed by atoms with Crippen molar-refractivity contribution in [2.45, 2.75) is 26.2 Å². The molecule has 0 unspecified atom stereocenters. The minimum Gasteiger partial charge on any atom is -0.482 e. The number of hydrazine groups is 1. The minimum absolute atomic E-state index is 0.0226. The van der Waals surface area contributed by atoms with Gasteiger partial charge in [-0.3, -0.25) is 35.3 Å². The summed E-state index contributed by atoms with van der Waals surface area (Å²) in [5.41, 5.74) is 8.55. The van der Waals surface area contributed by atoms with Crippen LogP contribution in [0.4, 0.5) is 5.69 Å². The molecule has 1 aliphatic rings. The summed E-state index contributed by atoms with van der Waals surface area (Å²) >= 11 is 11.9. The summed E-state index contributed by atoms with van der Waals surface area (Å²) < 4.78 is 11.2. The Morgan fingerprint density at radius 3 is 2.49 bits per heavy atom. The number of nitrogens with one attached hydrogen (secondary N) is 3. The predicted octanol–water partition coefficient (Wildman–Crippen LogP) is 4.11. The van der Waals surface area contributed by atoms with Crippen molar-refractivity contribution in [3.05, 3.63) is 90.8 Å². The van der Waals surface area contributed by atoms with Crippen molar-refractivity contribution < 1.29 is 28.5 Å². The zero-order valence-electron chi connectivity index (χ0n) is 20.4. The highest BCUT2D eigenvalue weighted by Crippen LogP contribution is 2.30. The van der Waals surface area contributed by atoms with Crippen molar-refractivity contribution in [1.29, 1.82) is 0 Å². The first-order chi connectivity index (χ1) is 18.6. The molecule has 1 heterocycles. The molecule has 3 amide bonds. The summed E-state index contributed by atoms with van der Waals surface area (Å²) in [6, 6.07) is 9.52. The van der Waals surface area contributed by atoms with Gasteiger partial charge in [-0.05, 0) is 50.1 Å². The van der Waals surface area contributed by atoms with Crippen LogP contribution in [0.25, 0.3) is 0 Å². The molecule has 4 rings (SSSR count). The molecule has 3 aromatic rings. The normalized spacial score (nSPS) is 13.4. The first-order valence-corrected chi connectivity index (χ1v) is 12.3. The number of halogens is 2. The topological polar surface area (TPSA) is 165 Å². The fourth-order valence-electron chi connectivity index (χ4n) is 3.87. The van der Waals surface area contributed by atoms with E-state index in [1.54, 1.807) is 19.1 Å². The molecule has 0 saturated carbocycles. The number of non-ortho nitro benzene ring substituents is 1. The number of rotatable bonds is 7. The maximum atomic E-state index is 12.7. The number of hydrazone groups is 1. The van der Waals surface area contributed by atoms with Gasteiger partial charge in [0.2, 0.25) is 0 Å². The van der Waals surface area contributed by atoms with Gasteiger partial charge >= 0.3 is 5.91 Å². The van der Waals surface area contributed by atoms with Gasteiger partial charge in [0.05, 0.1) is 15.7 Å². The number of carbonyl (C=O) groups excluding carboxylic acids is 3. The molecule has 0 aliphatic heterocycles. The molecular formula is C25H21Cl2N5O7. The Labute approximate surface area is 231 Å². The number of nitro groups is 1. The molecule has 14 heteroatoms. The maximum absolute atomic E-state index is 12.7. The van der Waals surface area contributed by atoms with Crippen molar-refractivity contribution in [3.8, 4) is 5.75 Å². The van der Waals surface area contributed by atoms with E-state index in [0.717, 1.165) is 0 Å². The van der Waals surface area contributed by atoms with E-state index in [0.29, 0.717) is 52.6 Å². The van der Waals surface area contributed by atoms with Crippen LogP contribution >= 0.6 is 23.2 Å². The van der Waals surface area contributed by atoms with Crippen LogP contribution < -0.4 is 21.0 Å². The molecule has 0 fully saturated rings. The van der Waals surface area contributed by atoms with E-state index in [2.05, 4.69) is 21.4 Å². The molecule has 2 aromatic carbocycles. The number of hydrogen-bond acceptors (Lipinski definition) is 8. The minimum atomic E-state index is -0.700. The summed E-state index contributed by atoms with van der Waals surface area (Å²) in [5, 5.41) is 15.7. The van der Waals surface area contributed by atoms with Crippen LogP contribution in [0, 0.1) is 17.0 Å². The Bertz CT molecular complexity index is 1480. The molecular weight excluding hydrogens is 553 g/mol. The van der Waals surface area contributed by atoms with Crippen molar-refractivity contribution in [2.75, 3.05) is 6.61 Å². The molecule has 0 saturated heterocycles. The number of benzene rings is 2. The summed E-state index contributed by atoms with van der Waals surface area (Å²) in [7, 11) is 0. The Hall–Kier alpha value is -4.42. The van der Waals surface area contributed by atoms with Gasteiger partial charge in [0.15, 0.2) is 12.4 Å². The van der Waals surface area contributed by atoms with Crippen LogP contribution in [0.2, 0.25) is 10.0 Å². The fourth-order valence-corrected chi connectivity index (χ4v) is 4.33. The van der Waals surface area contributed by atoms with Gasteiger partial charge < -0.3 is 9.15 Å². The maximum Gasteiger partial charge on any atom is 0.305 e. The van der Waals surface area contributed by atoms with Gasteiger partial charge in [-0.25, -0.2) is 5.43 Å². The Morgan fingerprint density at radius 2 is 1.79 bits per heavy atom. The standard InChI is InChI=1S/C25H21Cl2N5O7/c1-13-22-18(28-29-21(33)12-38-19-10-7-15(26)11-17(19)27)3-2-4-20(22)39-23(13)25(35)31-30-24(34)14-5-8-16(9-6-14)32(36)37/h5-11H,2-4,12H2,1H3,(H,29,33)(H,30,34)(H,31,35)/b28-18+. The van der Waals surface area contributed by atoms with Crippen molar-refractivity contribution in [1.82, 2.24) is 16.3 Å².